The van der Waals surface area contributed by atoms with Crippen LogP contribution in [0.4, 0.5) is 0 Å². The molecule has 0 amide bonds. The molecule has 2 heteroatoms. The Bertz CT molecular complexity index is 19.5. The maximum atomic E-state index is 8.26. The molecular weight excluding hydrogens is 143 g/mol. The summed E-state index contributed by atoms with van der Waals surface area (Å²) in [5, 5.41) is 1.03. The molecule has 0 aromatic rings. The molecule has 0 saturated heterocycles. The minimum atomic E-state index is -0.0734. The molecule has 38 valence electrons. The van der Waals surface area contributed by atoms with Crippen LogP contribution in [0.1, 0.15) is 19.8 Å². The maximum absolute atomic E-state index is 8.26. The number of hydrogen-bond donors (Lipinski definition) is 1. The molecule has 0 saturated carbocycles. The molecular formula is C4H10OSe. The molecule has 0 radical (unpaired) electrons. The quantitative estimate of drug-likeness (QED) is 0.470. The van der Waals surface area contributed by atoms with Gasteiger partial charge in [0.25, 0.3) is 0 Å². The molecule has 0 aliphatic heterocycles. The molecule has 0 heterocycles. The third-order valence-corrected chi connectivity index (χ3v) is 1.58. The van der Waals surface area contributed by atoms with Gasteiger partial charge in [-0.3, -0.25) is 0 Å². The predicted molar refractivity (Wildman–Crippen MR) is 27.7 cm³/mol. The molecule has 0 aromatic heterocycles. The zero-order chi connectivity index (χ0) is 4.83. The van der Waals surface area contributed by atoms with E-state index in [9.17, 15) is 0 Å². The first-order valence-corrected chi connectivity index (χ1v) is 4.16. The summed E-state index contributed by atoms with van der Waals surface area (Å²) in [5.41, 5.74) is 0. The average molecular weight is 153 g/mol. The topological polar surface area (TPSA) is 20.2 Å². The third-order valence-electron chi connectivity index (χ3n) is 0.589. The van der Waals surface area contributed by atoms with Crippen molar-refractivity contribution in [2.24, 2.45) is 0 Å². The molecule has 0 aromatic carbocycles. The molecule has 0 aliphatic carbocycles. The third kappa shape index (κ3) is 4.48. The summed E-state index contributed by atoms with van der Waals surface area (Å²) in [4.78, 5) is 0. The Kier molecular flexibility index (Phi) is 5.92. The van der Waals surface area contributed by atoms with Crippen molar-refractivity contribution in [3.05, 3.63) is 0 Å². The van der Waals surface area contributed by atoms with Crippen molar-refractivity contribution in [1.29, 1.82) is 0 Å². The fraction of sp³-hybridized carbons (Fsp3) is 1.00. The van der Waals surface area contributed by atoms with Gasteiger partial charge in [0.2, 0.25) is 0 Å². The zero-order valence-electron chi connectivity index (χ0n) is 3.98. The SMILES string of the molecule is CCCC[Se]O. The van der Waals surface area contributed by atoms with E-state index in [2.05, 4.69) is 6.92 Å². The minimum absolute atomic E-state index is 0.0734. The summed E-state index contributed by atoms with van der Waals surface area (Å²) in [6.07, 6.45) is 2.40. The zero-order valence-corrected chi connectivity index (χ0v) is 5.69. The Morgan fingerprint density at radius 3 is 2.50 bits per heavy atom. The van der Waals surface area contributed by atoms with Gasteiger partial charge in [0.05, 0.1) is 0 Å². The van der Waals surface area contributed by atoms with Crippen molar-refractivity contribution in [3.8, 4) is 0 Å². The monoisotopic (exact) mass is 154 g/mol. The van der Waals surface area contributed by atoms with Gasteiger partial charge in [-0.2, -0.15) is 0 Å². The fourth-order valence-electron chi connectivity index (χ4n) is 0.209. The average Bonchev–Trinajstić information content (AvgIpc) is 1.61. The molecule has 1 nitrogen and oxygen atoms in total. The summed E-state index contributed by atoms with van der Waals surface area (Å²) in [6.45, 7) is 2.13. The first-order valence-electron chi connectivity index (χ1n) is 2.18. The Hall–Kier alpha value is 0.479. The molecule has 0 spiro atoms. The number of hydrogen-bond acceptors (Lipinski definition) is 1. The second kappa shape index (κ2) is 5.48. The van der Waals surface area contributed by atoms with Crippen LogP contribution in [0.2, 0.25) is 5.32 Å². The van der Waals surface area contributed by atoms with Crippen LogP contribution in [0.3, 0.4) is 0 Å². The van der Waals surface area contributed by atoms with Gasteiger partial charge >= 0.3 is 44.6 Å². The van der Waals surface area contributed by atoms with E-state index in [1.54, 1.807) is 0 Å². The standard InChI is InChI=1S/C4H10OSe/c1-2-3-4-6-5/h5H,2-4H2,1H3. The molecule has 1 N–H and O–H groups in total. The first-order chi connectivity index (χ1) is 2.91. The summed E-state index contributed by atoms with van der Waals surface area (Å²) >= 11 is -0.0734. The first kappa shape index (κ1) is 6.48. The van der Waals surface area contributed by atoms with Crippen molar-refractivity contribution >= 4 is 15.3 Å². The normalized spacial score (nSPS) is 9.00. The molecule has 6 heavy (non-hydrogen) atoms. The van der Waals surface area contributed by atoms with Gasteiger partial charge in [0.1, 0.15) is 0 Å². The van der Waals surface area contributed by atoms with Crippen LogP contribution in [0, 0.1) is 0 Å². The van der Waals surface area contributed by atoms with E-state index in [-0.39, 0.29) is 15.3 Å². The van der Waals surface area contributed by atoms with E-state index in [1.807, 2.05) is 0 Å². The molecule has 0 unspecified atom stereocenters. The van der Waals surface area contributed by atoms with Crippen LogP contribution in [-0.2, 0) is 0 Å². The van der Waals surface area contributed by atoms with E-state index in [1.165, 1.54) is 12.8 Å². The van der Waals surface area contributed by atoms with Crippen molar-refractivity contribution in [1.82, 2.24) is 0 Å². The van der Waals surface area contributed by atoms with Gasteiger partial charge in [-0.1, -0.05) is 0 Å². The van der Waals surface area contributed by atoms with Crippen LogP contribution < -0.4 is 0 Å². The molecule has 0 rings (SSSR count). The van der Waals surface area contributed by atoms with Crippen molar-refractivity contribution in [2.75, 3.05) is 0 Å². The van der Waals surface area contributed by atoms with Gasteiger partial charge in [-0.05, 0) is 0 Å². The molecule has 0 aliphatic rings. The van der Waals surface area contributed by atoms with Crippen LogP contribution in [0.5, 0.6) is 0 Å². The summed E-state index contributed by atoms with van der Waals surface area (Å²) in [6, 6.07) is 0. The molecule has 0 fully saturated rings. The van der Waals surface area contributed by atoms with Crippen LogP contribution >= 0.6 is 0 Å². The summed E-state index contributed by atoms with van der Waals surface area (Å²) < 4.78 is 8.26. The summed E-state index contributed by atoms with van der Waals surface area (Å²) in [5.74, 6) is 0. The van der Waals surface area contributed by atoms with E-state index in [4.69, 9.17) is 4.19 Å². The van der Waals surface area contributed by atoms with E-state index in [0.717, 1.165) is 5.32 Å². The fourth-order valence-corrected chi connectivity index (χ4v) is 1.09. The van der Waals surface area contributed by atoms with Gasteiger partial charge in [0.15, 0.2) is 0 Å². The van der Waals surface area contributed by atoms with E-state index >= 15 is 0 Å². The Labute approximate surface area is 45.2 Å². The Morgan fingerprint density at radius 1 is 1.67 bits per heavy atom. The van der Waals surface area contributed by atoms with Gasteiger partial charge < -0.3 is 0 Å². The van der Waals surface area contributed by atoms with E-state index in [0.29, 0.717) is 0 Å². The predicted octanol–water partition coefficient (Wildman–Crippen LogP) is 0.816. The van der Waals surface area contributed by atoms with Gasteiger partial charge in [-0.25, -0.2) is 0 Å². The Morgan fingerprint density at radius 2 is 2.33 bits per heavy atom. The van der Waals surface area contributed by atoms with Crippen molar-refractivity contribution < 1.29 is 4.19 Å². The molecule has 0 bridgehead atoms. The Balaban J connectivity index is 2.34. The van der Waals surface area contributed by atoms with Crippen molar-refractivity contribution in [3.63, 3.8) is 0 Å². The number of rotatable bonds is 3. The van der Waals surface area contributed by atoms with Gasteiger partial charge in [-0.15, -0.1) is 0 Å². The second-order valence-electron chi connectivity index (χ2n) is 1.19. The number of unbranched alkanes of at least 4 members (excludes halogenated alkanes) is 1. The second-order valence-corrected chi connectivity index (χ2v) is 2.59. The van der Waals surface area contributed by atoms with Crippen LogP contribution in [0.15, 0.2) is 0 Å². The van der Waals surface area contributed by atoms with Crippen molar-refractivity contribution in [2.45, 2.75) is 25.1 Å². The van der Waals surface area contributed by atoms with Gasteiger partial charge in [0, 0.05) is 0 Å². The van der Waals surface area contributed by atoms with Crippen LogP contribution in [-0.4, -0.2) is 19.5 Å². The summed E-state index contributed by atoms with van der Waals surface area (Å²) in [7, 11) is 0. The van der Waals surface area contributed by atoms with E-state index < -0.39 is 0 Å². The van der Waals surface area contributed by atoms with Crippen LogP contribution in [0.25, 0.3) is 0 Å². The molecule has 0 atom stereocenters.